The van der Waals surface area contributed by atoms with Gasteiger partial charge in [0.25, 0.3) is 0 Å². The Morgan fingerprint density at radius 3 is 2.57 bits per heavy atom. The summed E-state index contributed by atoms with van der Waals surface area (Å²) in [5.41, 5.74) is 1.07. The molecule has 0 atom stereocenters. The lowest BCUT2D eigenvalue weighted by molar-refractivity contribution is -0.134. The van der Waals surface area contributed by atoms with E-state index in [9.17, 15) is 9.59 Å². The summed E-state index contributed by atoms with van der Waals surface area (Å²) in [6, 6.07) is 6.82. The number of hydrogen-bond donors (Lipinski definition) is 2. The molecular weight excluding hydrogens is 182 g/mol. The largest absolute Gasteiger partial charge is 0.480 e. The molecule has 0 aliphatic carbocycles. The van der Waals surface area contributed by atoms with E-state index in [1.54, 1.807) is 24.3 Å². The summed E-state index contributed by atoms with van der Waals surface area (Å²) in [5, 5.41) is 11.1. The molecule has 0 radical (unpaired) electrons. The lowest BCUT2D eigenvalue weighted by atomic mass is 10.1. The summed E-state index contributed by atoms with van der Waals surface area (Å²) in [4.78, 5) is 21.4. The molecule has 0 fully saturated rings. The highest BCUT2D eigenvalue weighted by atomic mass is 16.4. The van der Waals surface area contributed by atoms with Crippen molar-refractivity contribution < 1.29 is 14.7 Å². The number of Topliss-reactive ketones (excluding diaryl/α,β-unsaturated/α-hetero) is 1. The number of ketones is 1. The number of anilines is 1. The van der Waals surface area contributed by atoms with Crippen LogP contribution in [0.15, 0.2) is 24.3 Å². The Labute approximate surface area is 81.6 Å². The number of carboxylic acids is 1. The van der Waals surface area contributed by atoms with Crippen LogP contribution in [0.2, 0.25) is 0 Å². The van der Waals surface area contributed by atoms with Gasteiger partial charge in [0.2, 0.25) is 0 Å². The monoisotopic (exact) mass is 193 g/mol. The van der Waals surface area contributed by atoms with Crippen LogP contribution in [-0.4, -0.2) is 23.4 Å². The zero-order valence-corrected chi connectivity index (χ0v) is 7.78. The minimum Gasteiger partial charge on any atom is -0.480 e. The predicted octanol–water partition coefficient (Wildman–Crippen LogP) is 1.39. The fourth-order valence-corrected chi connectivity index (χ4v) is 1.12. The van der Waals surface area contributed by atoms with Gasteiger partial charge < -0.3 is 10.4 Å². The third kappa shape index (κ3) is 2.58. The lowest BCUT2D eigenvalue weighted by Crippen LogP contribution is -2.14. The van der Waals surface area contributed by atoms with Crippen molar-refractivity contribution in [3.63, 3.8) is 0 Å². The molecule has 2 N–H and O–H groups in total. The van der Waals surface area contributed by atoms with Crippen LogP contribution in [-0.2, 0) is 4.79 Å². The molecule has 0 unspecified atom stereocenters. The van der Waals surface area contributed by atoms with Crippen LogP contribution in [0.3, 0.4) is 0 Å². The Kier molecular flexibility index (Phi) is 3.23. The Morgan fingerprint density at radius 2 is 2.00 bits per heavy atom. The maximum absolute atomic E-state index is 11.1. The van der Waals surface area contributed by atoms with Gasteiger partial charge in [-0.15, -0.1) is 0 Å². The van der Waals surface area contributed by atoms with Crippen molar-refractivity contribution >= 4 is 17.4 Å². The average Bonchev–Trinajstić information content (AvgIpc) is 2.15. The van der Waals surface area contributed by atoms with Crippen LogP contribution in [0.5, 0.6) is 0 Å². The molecule has 0 spiro atoms. The first-order valence-corrected chi connectivity index (χ1v) is 4.17. The molecule has 14 heavy (non-hydrogen) atoms. The molecule has 4 heteroatoms. The van der Waals surface area contributed by atoms with Crippen LogP contribution in [0, 0.1) is 0 Å². The van der Waals surface area contributed by atoms with Crippen molar-refractivity contribution in [3.05, 3.63) is 29.8 Å². The van der Waals surface area contributed by atoms with E-state index in [4.69, 9.17) is 5.11 Å². The number of carboxylic acid groups (broad SMARTS) is 1. The van der Waals surface area contributed by atoms with Crippen molar-refractivity contribution in [2.24, 2.45) is 0 Å². The molecular formula is C10H11NO3. The van der Waals surface area contributed by atoms with Gasteiger partial charge in [-0.3, -0.25) is 9.59 Å². The first-order chi connectivity index (χ1) is 6.61. The Morgan fingerprint density at radius 1 is 1.36 bits per heavy atom. The van der Waals surface area contributed by atoms with Gasteiger partial charge in [0, 0.05) is 11.3 Å². The average molecular weight is 193 g/mol. The first-order valence-electron chi connectivity index (χ1n) is 4.17. The SMILES string of the molecule is CC(=O)c1ccccc1NCC(=O)O. The topological polar surface area (TPSA) is 66.4 Å². The molecule has 0 bridgehead atoms. The number of carbonyl (C=O) groups excluding carboxylic acids is 1. The van der Waals surface area contributed by atoms with Crippen LogP contribution in [0.1, 0.15) is 17.3 Å². The molecule has 1 aromatic rings. The van der Waals surface area contributed by atoms with Crippen molar-refractivity contribution in [1.29, 1.82) is 0 Å². The van der Waals surface area contributed by atoms with Crippen molar-refractivity contribution in [1.82, 2.24) is 0 Å². The zero-order chi connectivity index (χ0) is 10.6. The van der Waals surface area contributed by atoms with Gasteiger partial charge in [-0.2, -0.15) is 0 Å². The number of aliphatic carboxylic acids is 1. The molecule has 0 aliphatic heterocycles. The van der Waals surface area contributed by atoms with Gasteiger partial charge in [0.05, 0.1) is 0 Å². The maximum Gasteiger partial charge on any atom is 0.322 e. The van der Waals surface area contributed by atoms with E-state index in [0.29, 0.717) is 11.3 Å². The van der Waals surface area contributed by atoms with Gasteiger partial charge in [0.1, 0.15) is 6.54 Å². The Bertz CT molecular complexity index is 360. The predicted molar refractivity (Wildman–Crippen MR) is 52.6 cm³/mol. The van der Waals surface area contributed by atoms with Gasteiger partial charge in [-0.05, 0) is 19.1 Å². The number of rotatable bonds is 4. The third-order valence-electron chi connectivity index (χ3n) is 1.74. The summed E-state index contributed by atoms with van der Waals surface area (Å²) >= 11 is 0. The molecule has 0 heterocycles. The molecule has 1 aromatic carbocycles. The lowest BCUT2D eigenvalue weighted by Gasteiger charge is -2.07. The second kappa shape index (κ2) is 4.41. The van der Waals surface area contributed by atoms with Crippen LogP contribution >= 0.6 is 0 Å². The first kappa shape index (κ1) is 10.2. The summed E-state index contributed by atoms with van der Waals surface area (Å²) in [7, 11) is 0. The zero-order valence-electron chi connectivity index (χ0n) is 7.78. The normalized spacial score (nSPS) is 9.50. The molecule has 0 saturated heterocycles. The smallest absolute Gasteiger partial charge is 0.322 e. The van der Waals surface area contributed by atoms with Crippen molar-refractivity contribution in [3.8, 4) is 0 Å². The van der Waals surface area contributed by atoms with Gasteiger partial charge in [-0.25, -0.2) is 0 Å². The quantitative estimate of drug-likeness (QED) is 0.709. The second-order valence-electron chi connectivity index (χ2n) is 2.85. The summed E-state index contributed by atoms with van der Waals surface area (Å²) in [6.45, 7) is 1.26. The number of para-hydroxylation sites is 1. The van der Waals surface area contributed by atoms with Crippen LogP contribution in [0.4, 0.5) is 5.69 Å². The second-order valence-corrected chi connectivity index (χ2v) is 2.85. The fourth-order valence-electron chi connectivity index (χ4n) is 1.12. The highest BCUT2D eigenvalue weighted by Crippen LogP contribution is 2.14. The number of nitrogens with one attached hydrogen (secondary N) is 1. The van der Waals surface area contributed by atoms with Gasteiger partial charge >= 0.3 is 5.97 Å². The highest BCUT2D eigenvalue weighted by Gasteiger charge is 2.06. The Balaban J connectivity index is 2.84. The summed E-state index contributed by atoms with van der Waals surface area (Å²) in [6.07, 6.45) is 0. The molecule has 4 nitrogen and oxygen atoms in total. The molecule has 0 aromatic heterocycles. The van der Waals surface area contributed by atoms with Crippen LogP contribution < -0.4 is 5.32 Å². The van der Waals surface area contributed by atoms with Gasteiger partial charge in [0.15, 0.2) is 5.78 Å². The van der Waals surface area contributed by atoms with Crippen LogP contribution in [0.25, 0.3) is 0 Å². The Hall–Kier alpha value is -1.84. The molecule has 0 saturated carbocycles. The van der Waals surface area contributed by atoms with Crippen molar-refractivity contribution in [2.75, 3.05) is 11.9 Å². The fraction of sp³-hybridized carbons (Fsp3) is 0.200. The van der Waals surface area contributed by atoms with E-state index in [0.717, 1.165) is 0 Å². The number of hydrogen-bond acceptors (Lipinski definition) is 3. The van der Waals surface area contributed by atoms with E-state index in [1.165, 1.54) is 6.92 Å². The molecule has 0 amide bonds. The molecule has 1 rings (SSSR count). The van der Waals surface area contributed by atoms with Crippen molar-refractivity contribution in [2.45, 2.75) is 6.92 Å². The van der Waals surface area contributed by atoms with E-state index in [-0.39, 0.29) is 12.3 Å². The van der Waals surface area contributed by atoms with E-state index in [2.05, 4.69) is 5.32 Å². The minimum atomic E-state index is -0.955. The van der Waals surface area contributed by atoms with Gasteiger partial charge in [-0.1, -0.05) is 12.1 Å². The number of carbonyl (C=O) groups is 2. The summed E-state index contributed by atoms with van der Waals surface area (Å²) < 4.78 is 0. The number of benzene rings is 1. The minimum absolute atomic E-state index is 0.0847. The molecule has 0 aliphatic rings. The van der Waals surface area contributed by atoms with E-state index >= 15 is 0 Å². The standard InChI is InChI=1S/C10H11NO3/c1-7(12)8-4-2-3-5-9(8)11-6-10(13)14/h2-5,11H,6H2,1H3,(H,13,14). The maximum atomic E-state index is 11.1. The van der Waals surface area contributed by atoms with E-state index in [1.807, 2.05) is 0 Å². The molecule has 74 valence electrons. The summed E-state index contributed by atoms with van der Waals surface area (Å²) in [5.74, 6) is -1.04. The van der Waals surface area contributed by atoms with E-state index < -0.39 is 5.97 Å². The third-order valence-corrected chi connectivity index (χ3v) is 1.74. The highest BCUT2D eigenvalue weighted by molar-refractivity contribution is 5.99.